The molecule has 0 bridgehead atoms. The Morgan fingerprint density at radius 3 is 2.45 bits per heavy atom. The van der Waals surface area contributed by atoms with Gasteiger partial charge in [0.05, 0.1) is 11.4 Å². The summed E-state index contributed by atoms with van der Waals surface area (Å²) in [6, 6.07) is 11.1. The molecular weight excluding hydrogens is 257 g/mol. The highest BCUT2D eigenvalue weighted by molar-refractivity contribution is 6.05. The van der Waals surface area contributed by atoms with Crippen molar-refractivity contribution in [3.8, 4) is 0 Å². The average Bonchev–Trinajstić information content (AvgIpc) is 2.49. The van der Waals surface area contributed by atoms with Gasteiger partial charge in [-0.25, -0.2) is 4.39 Å². The number of carbonyl (C=O) groups is 1. The first-order valence-corrected chi connectivity index (χ1v) is 6.41. The summed E-state index contributed by atoms with van der Waals surface area (Å²) in [7, 11) is 0. The van der Waals surface area contributed by atoms with Gasteiger partial charge in [-0.1, -0.05) is 0 Å². The van der Waals surface area contributed by atoms with Gasteiger partial charge >= 0.3 is 0 Å². The van der Waals surface area contributed by atoms with Gasteiger partial charge in [-0.15, -0.1) is 0 Å². The fraction of sp³-hybridized carbons (Fsp3) is 0.133. The van der Waals surface area contributed by atoms with Crippen molar-refractivity contribution in [1.82, 2.24) is 0 Å². The van der Waals surface area contributed by atoms with Crippen LogP contribution in [0.2, 0.25) is 0 Å². The number of hydrogen-bond donors (Lipinski definition) is 3. The largest absolute Gasteiger partial charge is 0.382 e. The van der Waals surface area contributed by atoms with Gasteiger partial charge in [0.1, 0.15) is 5.82 Å². The number of halogens is 1. The molecule has 1 aliphatic heterocycles. The highest BCUT2D eigenvalue weighted by atomic mass is 19.1. The van der Waals surface area contributed by atoms with Gasteiger partial charge < -0.3 is 16.0 Å². The van der Waals surface area contributed by atoms with Crippen LogP contribution in [0.1, 0.15) is 10.4 Å². The van der Waals surface area contributed by atoms with Crippen LogP contribution in [-0.4, -0.2) is 19.0 Å². The second-order valence-electron chi connectivity index (χ2n) is 4.57. The third-order valence-corrected chi connectivity index (χ3v) is 3.14. The minimum atomic E-state index is -0.327. The monoisotopic (exact) mass is 271 g/mol. The van der Waals surface area contributed by atoms with Crippen molar-refractivity contribution in [2.45, 2.75) is 0 Å². The van der Waals surface area contributed by atoms with Crippen molar-refractivity contribution in [2.75, 3.05) is 29.0 Å². The van der Waals surface area contributed by atoms with Crippen LogP contribution >= 0.6 is 0 Å². The Hall–Kier alpha value is -2.56. The zero-order valence-electron chi connectivity index (χ0n) is 10.7. The summed E-state index contributed by atoms with van der Waals surface area (Å²) < 4.78 is 12.8. The van der Waals surface area contributed by atoms with Crippen LogP contribution in [0.4, 0.5) is 21.5 Å². The number of anilines is 3. The molecule has 1 aliphatic rings. The van der Waals surface area contributed by atoms with Crippen LogP contribution in [0.3, 0.4) is 0 Å². The SMILES string of the molecule is O=C(Nc1ccc(F)cc1)c1ccc2c(c1)NCCN2. The second-order valence-corrected chi connectivity index (χ2v) is 4.57. The minimum Gasteiger partial charge on any atom is -0.382 e. The molecule has 3 N–H and O–H groups in total. The molecule has 2 aromatic rings. The lowest BCUT2D eigenvalue weighted by molar-refractivity contribution is 0.102. The molecule has 0 saturated heterocycles. The molecular formula is C15H14FN3O. The molecule has 102 valence electrons. The predicted octanol–water partition coefficient (Wildman–Crippen LogP) is 2.92. The fourth-order valence-corrected chi connectivity index (χ4v) is 2.12. The first-order chi connectivity index (χ1) is 9.72. The van der Waals surface area contributed by atoms with Crippen molar-refractivity contribution < 1.29 is 9.18 Å². The van der Waals surface area contributed by atoms with Gasteiger partial charge in [0.15, 0.2) is 0 Å². The van der Waals surface area contributed by atoms with E-state index in [2.05, 4.69) is 16.0 Å². The molecule has 5 heteroatoms. The molecule has 0 aromatic heterocycles. The molecule has 0 radical (unpaired) electrons. The molecule has 0 spiro atoms. The van der Waals surface area contributed by atoms with E-state index in [-0.39, 0.29) is 11.7 Å². The molecule has 1 amide bonds. The van der Waals surface area contributed by atoms with E-state index in [0.717, 1.165) is 24.5 Å². The molecule has 4 nitrogen and oxygen atoms in total. The van der Waals surface area contributed by atoms with Crippen molar-refractivity contribution >= 4 is 23.0 Å². The molecule has 0 saturated carbocycles. The lowest BCUT2D eigenvalue weighted by atomic mass is 10.1. The summed E-state index contributed by atoms with van der Waals surface area (Å²) >= 11 is 0. The number of benzene rings is 2. The lowest BCUT2D eigenvalue weighted by Crippen LogP contribution is -2.21. The number of carbonyl (C=O) groups excluding carboxylic acids is 1. The van der Waals surface area contributed by atoms with E-state index >= 15 is 0 Å². The number of fused-ring (bicyclic) bond motifs is 1. The van der Waals surface area contributed by atoms with E-state index in [9.17, 15) is 9.18 Å². The van der Waals surface area contributed by atoms with Crippen molar-refractivity contribution in [2.24, 2.45) is 0 Å². The zero-order chi connectivity index (χ0) is 13.9. The maximum Gasteiger partial charge on any atom is 0.255 e. The van der Waals surface area contributed by atoms with Crippen LogP contribution in [0.25, 0.3) is 0 Å². The summed E-state index contributed by atoms with van der Waals surface area (Å²) in [6.45, 7) is 1.70. The summed E-state index contributed by atoms with van der Waals surface area (Å²) in [6.07, 6.45) is 0. The Labute approximate surface area is 116 Å². The molecule has 0 fully saturated rings. The molecule has 20 heavy (non-hydrogen) atoms. The predicted molar refractivity (Wildman–Crippen MR) is 77.8 cm³/mol. The van der Waals surface area contributed by atoms with E-state index in [4.69, 9.17) is 0 Å². The average molecular weight is 271 g/mol. The number of amides is 1. The maximum atomic E-state index is 12.8. The van der Waals surface area contributed by atoms with Gasteiger partial charge in [-0.3, -0.25) is 4.79 Å². The normalized spacial score (nSPS) is 12.8. The van der Waals surface area contributed by atoms with E-state index in [1.54, 1.807) is 12.1 Å². The van der Waals surface area contributed by atoms with E-state index in [1.807, 2.05) is 6.07 Å². The number of nitrogens with one attached hydrogen (secondary N) is 3. The Balaban J connectivity index is 1.78. The number of hydrogen-bond acceptors (Lipinski definition) is 3. The highest BCUT2D eigenvalue weighted by Gasteiger charge is 2.12. The third-order valence-electron chi connectivity index (χ3n) is 3.14. The molecule has 1 heterocycles. The first-order valence-electron chi connectivity index (χ1n) is 6.41. The fourth-order valence-electron chi connectivity index (χ4n) is 2.12. The van der Waals surface area contributed by atoms with Crippen molar-refractivity contribution in [3.05, 3.63) is 53.8 Å². The highest BCUT2D eigenvalue weighted by Crippen LogP contribution is 2.25. The van der Waals surface area contributed by atoms with Gasteiger partial charge in [0.25, 0.3) is 5.91 Å². The Morgan fingerprint density at radius 2 is 1.70 bits per heavy atom. The maximum absolute atomic E-state index is 12.8. The van der Waals surface area contributed by atoms with E-state index in [1.165, 1.54) is 24.3 Å². The number of rotatable bonds is 2. The molecule has 0 aliphatic carbocycles. The Morgan fingerprint density at radius 1 is 1.00 bits per heavy atom. The van der Waals surface area contributed by atoms with Crippen LogP contribution in [0.5, 0.6) is 0 Å². The van der Waals surface area contributed by atoms with Crippen LogP contribution < -0.4 is 16.0 Å². The van der Waals surface area contributed by atoms with E-state index < -0.39 is 0 Å². The van der Waals surface area contributed by atoms with Crippen LogP contribution in [0.15, 0.2) is 42.5 Å². The lowest BCUT2D eigenvalue weighted by Gasteiger charge is -2.20. The standard InChI is InChI=1S/C15H14FN3O/c16-11-2-4-12(5-3-11)19-15(20)10-1-6-13-14(9-10)18-8-7-17-13/h1-6,9,17-18H,7-8H2,(H,19,20). The summed E-state index contributed by atoms with van der Waals surface area (Å²) in [5, 5.41) is 9.22. The van der Waals surface area contributed by atoms with Gasteiger partial charge in [0, 0.05) is 24.3 Å². The van der Waals surface area contributed by atoms with Gasteiger partial charge in [0.2, 0.25) is 0 Å². The first kappa shape index (κ1) is 12.5. The zero-order valence-corrected chi connectivity index (χ0v) is 10.7. The molecule has 0 unspecified atom stereocenters. The van der Waals surface area contributed by atoms with Crippen LogP contribution in [-0.2, 0) is 0 Å². The molecule has 3 rings (SSSR count). The van der Waals surface area contributed by atoms with Crippen LogP contribution in [0, 0.1) is 5.82 Å². The van der Waals surface area contributed by atoms with E-state index in [0.29, 0.717) is 11.3 Å². The third kappa shape index (κ3) is 2.56. The Kier molecular flexibility index (Phi) is 3.25. The minimum absolute atomic E-state index is 0.216. The quantitative estimate of drug-likeness (QED) is 0.787. The molecule has 0 atom stereocenters. The summed E-state index contributed by atoms with van der Waals surface area (Å²) in [5.41, 5.74) is 3.04. The summed E-state index contributed by atoms with van der Waals surface area (Å²) in [5.74, 6) is -0.543. The van der Waals surface area contributed by atoms with Crippen molar-refractivity contribution in [3.63, 3.8) is 0 Å². The van der Waals surface area contributed by atoms with Gasteiger partial charge in [-0.2, -0.15) is 0 Å². The smallest absolute Gasteiger partial charge is 0.255 e. The summed E-state index contributed by atoms with van der Waals surface area (Å²) in [4.78, 5) is 12.1. The molecule has 2 aromatic carbocycles. The van der Waals surface area contributed by atoms with Gasteiger partial charge in [-0.05, 0) is 42.5 Å². The second kappa shape index (κ2) is 5.21. The Bertz CT molecular complexity index is 640. The topological polar surface area (TPSA) is 53.2 Å². The van der Waals surface area contributed by atoms with Crippen molar-refractivity contribution in [1.29, 1.82) is 0 Å².